The molecule has 28 heavy (non-hydrogen) atoms. The molecule has 1 amide bonds. The van der Waals surface area contributed by atoms with Crippen LogP contribution in [0.3, 0.4) is 0 Å². The van der Waals surface area contributed by atoms with Crippen molar-refractivity contribution in [3.63, 3.8) is 0 Å². The third-order valence-corrected chi connectivity index (χ3v) is 5.79. The zero-order chi connectivity index (χ0) is 21.3. The van der Waals surface area contributed by atoms with Gasteiger partial charge in [0.1, 0.15) is 0 Å². The third-order valence-electron chi connectivity index (χ3n) is 5.30. The van der Waals surface area contributed by atoms with E-state index in [1.807, 2.05) is 41.5 Å². The number of benzene rings is 1. The lowest BCUT2D eigenvalue weighted by atomic mass is 9.89. The van der Waals surface area contributed by atoms with Gasteiger partial charge in [-0.3, -0.25) is 9.52 Å². The molecule has 0 saturated heterocycles. The Labute approximate surface area is 168 Å². The number of hydrogen-bond acceptors (Lipinski definition) is 4. The first-order valence-electron chi connectivity index (χ1n) is 9.72. The molecule has 0 bridgehead atoms. The number of anilines is 2. The Balaban J connectivity index is 2.59. The van der Waals surface area contributed by atoms with Crippen LogP contribution in [0.2, 0.25) is 0 Å². The van der Waals surface area contributed by atoms with E-state index in [1.54, 1.807) is 0 Å². The Morgan fingerprint density at radius 3 is 2.39 bits per heavy atom. The minimum atomic E-state index is -3.93. The molecule has 0 radical (unpaired) electrons. The molecule has 158 valence electrons. The molecule has 1 aliphatic rings. The first-order valence-corrected chi connectivity index (χ1v) is 11.3. The van der Waals surface area contributed by atoms with Crippen LogP contribution in [-0.4, -0.2) is 27.5 Å². The Kier molecular flexibility index (Phi) is 6.78. The average molecular weight is 412 g/mol. The van der Waals surface area contributed by atoms with Gasteiger partial charge in [0.2, 0.25) is 5.91 Å². The standard InChI is InChI=1S/C20H33N3O4S/c1-7-27-11-10-14-8-9-15-12(2)17(23-28(21,25)26)13(3)18(16(14)15)22-19(24)20(4,5)6/h14,23H,7-11H2,1-6H3,(H,22,24)(H2,21,25,26). The van der Waals surface area contributed by atoms with Crippen molar-refractivity contribution in [1.82, 2.24) is 0 Å². The van der Waals surface area contributed by atoms with E-state index >= 15 is 0 Å². The topological polar surface area (TPSA) is 111 Å². The van der Waals surface area contributed by atoms with Gasteiger partial charge in [0, 0.05) is 24.3 Å². The lowest BCUT2D eigenvalue weighted by Gasteiger charge is -2.26. The van der Waals surface area contributed by atoms with Crippen molar-refractivity contribution in [1.29, 1.82) is 0 Å². The molecule has 0 saturated carbocycles. The molecule has 1 aromatic rings. The number of fused-ring (bicyclic) bond motifs is 1. The Morgan fingerprint density at radius 2 is 1.86 bits per heavy atom. The molecule has 7 nitrogen and oxygen atoms in total. The monoisotopic (exact) mass is 411 g/mol. The second-order valence-corrected chi connectivity index (χ2v) is 9.76. The summed E-state index contributed by atoms with van der Waals surface area (Å²) in [5.74, 6) is 0.149. The Hall–Kier alpha value is -1.64. The summed E-state index contributed by atoms with van der Waals surface area (Å²) in [5.41, 5.74) is 4.33. The van der Waals surface area contributed by atoms with Crippen LogP contribution in [0.15, 0.2) is 0 Å². The second-order valence-electron chi connectivity index (χ2n) is 8.46. The molecule has 1 aliphatic carbocycles. The second kappa shape index (κ2) is 8.39. The van der Waals surface area contributed by atoms with Crippen molar-refractivity contribution in [2.75, 3.05) is 23.3 Å². The van der Waals surface area contributed by atoms with Gasteiger partial charge < -0.3 is 10.1 Å². The summed E-state index contributed by atoms with van der Waals surface area (Å²) in [6, 6.07) is 0. The fraction of sp³-hybridized carbons (Fsp3) is 0.650. The largest absolute Gasteiger partial charge is 0.382 e. The first kappa shape index (κ1) is 22.6. The lowest BCUT2D eigenvalue weighted by molar-refractivity contribution is -0.123. The fourth-order valence-electron chi connectivity index (χ4n) is 3.76. The third kappa shape index (κ3) is 5.04. The number of rotatable bonds is 7. The molecule has 8 heteroatoms. The van der Waals surface area contributed by atoms with Crippen LogP contribution in [0.1, 0.15) is 68.7 Å². The number of carbonyl (C=O) groups is 1. The molecular formula is C20H33N3O4S. The molecule has 0 spiro atoms. The normalized spacial score (nSPS) is 16.8. The van der Waals surface area contributed by atoms with Crippen LogP contribution in [-0.2, 0) is 26.2 Å². The predicted molar refractivity (Wildman–Crippen MR) is 113 cm³/mol. The predicted octanol–water partition coefficient (Wildman–Crippen LogP) is 3.36. The highest BCUT2D eigenvalue weighted by Gasteiger charge is 2.33. The minimum absolute atomic E-state index is 0.112. The quantitative estimate of drug-likeness (QED) is 0.597. The number of nitrogens with two attached hydrogens (primary N) is 1. The molecule has 4 N–H and O–H groups in total. The number of nitrogens with one attached hydrogen (secondary N) is 2. The average Bonchev–Trinajstić information content (AvgIpc) is 2.97. The van der Waals surface area contributed by atoms with Gasteiger partial charge in [-0.25, -0.2) is 5.14 Å². The van der Waals surface area contributed by atoms with Gasteiger partial charge in [-0.05, 0) is 68.2 Å². The van der Waals surface area contributed by atoms with E-state index in [1.165, 1.54) is 0 Å². The molecular weight excluding hydrogens is 378 g/mol. The summed E-state index contributed by atoms with van der Waals surface area (Å²) in [6.45, 7) is 12.6. The van der Waals surface area contributed by atoms with E-state index < -0.39 is 15.6 Å². The van der Waals surface area contributed by atoms with E-state index in [0.29, 0.717) is 30.2 Å². The maximum absolute atomic E-state index is 12.7. The van der Waals surface area contributed by atoms with Crippen LogP contribution >= 0.6 is 0 Å². The summed E-state index contributed by atoms with van der Waals surface area (Å²) in [4.78, 5) is 12.7. The molecule has 1 atom stereocenters. The molecule has 1 aromatic carbocycles. The van der Waals surface area contributed by atoms with Gasteiger partial charge >= 0.3 is 0 Å². The Bertz CT molecular complexity index is 857. The van der Waals surface area contributed by atoms with Crippen LogP contribution in [0.25, 0.3) is 0 Å². The molecule has 1 unspecified atom stereocenters. The smallest absolute Gasteiger partial charge is 0.296 e. The van der Waals surface area contributed by atoms with Crippen molar-refractivity contribution < 1.29 is 17.9 Å². The Morgan fingerprint density at radius 1 is 1.21 bits per heavy atom. The molecule has 0 heterocycles. The van der Waals surface area contributed by atoms with Gasteiger partial charge in [0.15, 0.2) is 0 Å². The van der Waals surface area contributed by atoms with Gasteiger partial charge in [0.05, 0.1) is 5.69 Å². The fourth-order valence-corrected chi connectivity index (χ4v) is 4.35. The van der Waals surface area contributed by atoms with Crippen molar-refractivity contribution in [3.8, 4) is 0 Å². The summed E-state index contributed by atoms with van der Waals surface area (Å²) in [6.07, 6.45) is 2.63. The highest BCUT2D eigenvalue weighted by molar-refractivity contribution is 7.90. The maximum atomic E-state index is 12.7. The molecule has 0 fully saturated rings. The highest BCUT2D eigenvalue weighted by atomic mass is 32.2. The van der Waals surface area contributed by atoms with Gasteiger partial charge in [0.25, 0.3) is 10.2 Å². The van der Waals surface area contributed by atoms with Gasteiger partial charge in [-0.2, -0.15) is 8.42 Å². The van der Waals surface area contributed by atoms with E-state index in [-0.39, 0.29) is 11.8 Å². The van der Waals surface area contributed by atoms with E-state index in [4.69, 9.17) is 9.88 Å². The van der Waals surface area contributed by atoms with Crippen LogP contribution in [0, 0.1) is 19.3 Å². The summed E-state index contributed by atoms with van der Waals surface area (Å²) >= 11 is 0. The number of hydrogen-bond donors (Lipinski definition) is 3. The molecule has 0 aromatic heterocycles. The van der Waals surface area contributed by atoms with Crippen molar-refractivity contribution in [2.45, 2.75) is 66.7 Å². The number of carbonyl (C=O) groups excluding carboxylic acids is 1. The van der Waals surface area contributed by atoms with E-state index in [2.05, 4.69) is 10.0 Å². The van der Waals surface area contributed by atoms with Crippen molar-refractivity contribution in [2.24, 2.45) is 10.6 Å². The van der Waals surface area contributed by atoms with Crippen LogP contribution in [0.4, 0.5) is 11.4 Å². The number of amides is 1. The number of ether oxygens (including phenoxy) is 1. The summed E-state index contributed by atoms with van der Waals surface area (Å²) in [7, 11) is -3.93. The molecule has 0 aliphatic heterocycles. The summed E-state index contributed by atoms with van der Waals surface area (Å²) in [5, 5.41) is 8.31. The lowest BCUT2D eigenvalue weighted by Crippen LogP contribution is -2.29. The first-order chi connectivity index (χ1) is 12.9. The molecule has 2 rings (SSSR count). The van der Waals surface area contributed by atoms with E-state index in [9.17, 15) is 13.2 Å². The summed E-state index contributed by atoms with van der Waals surface area (Å²) < 4.78 is 31.4. The minimum Gasteiger partial charge on any atom is -0.382 e. The van der Waals surface area contributed by atoms with Gasteiger partial charge in [-0.1, -0.05) is 20.8 Å². The maximum Gasteiger partial charge on any atom is 0.296 e. The van der Waals surface area contributed by atoms with Gasteiger partial charge in [-0.15, -0.1) is 0 Å². The highest BCUT2D eigenvalue weighted by Crippen LogP contribution is 2.47. The van der Waals surface area contributed by atoms with Crippen LogP contribution in [0.5, 0.6) is 0 Å². The van der Waals surface area contributed by atoms with Crippen molar-refractivity contribution in [3.05, 3.63) is 22.3 Å². The van der Waals surface area contributed by atoms with E-state index in [0.717, 1.165) is 36.0 Å². The zero-order valence-electron chi connectivity index (χ0n) is 17.7. The van der Waals surface area contributed by atoms with Crippen LogP contribution < -0.4 is 15.2 Å². The SMILES string of the molecule is CCOCCC1CCc2c(C)c(NS(N)(=O)=O)c(C)c(NC(=O)C(C)(C)C)c21. The van der Waals surface area contributed by atoms with Crippen molar-refractivity contribution >= 4 is 27.5 Å². The zero-order valence-corrected chi connectivity index (χ0v) is 18.5.